The molecule has 2 rings (SSSR count). The summed E-state index contributed by atoms with van der Waals surface area (Å²) >= 11 is 0. The fourth-order valence-electron chi connectivity index (χ4n) is 1.83. The van der Waals surface area contributed by atoms with Crippen molar-refractivity contribution in [2.75, 3.05) is 14.1 Å². The first-order chi connectivity index (χ1) is 7.59. The van der Waals surface area contributed by atoms with E-state index >= 15 is 0 Å². The summed E-state index contributed by atoms with van der Waals surface area (Å²) < 4.78 is 0. The zero-order valence-corrected chi connectivity index (χ0v) is 9.66. The Hall–Kier alpha value is -1.75. The summed E-state index contributed by atoms with van der Waals surface area (Å²) in [4.78, 5) is 13.2. The second-order valence-electron chi connectivity index (χ2n) is 4.50. The van der Waals surface area contributed by atoms with Gasteiger partial charge in [0.25, 0.3) is 5.91 Å². The molecule has 0 radical (unpaired) electrons. The van der Waals surface area contributed by atoms with E-state index in [0.29, 0.717) is 5.56 Å². The predicted octanol–water partition coefficient (Wildman–Crippen LogP) is 2.05. The number of carbonyl (C=O) groups excluding carboxylic acids is 1. The summed E-state index contributed by atoms with van der Waals surface area (Å²) in [5.74, 6) is 2.87. The fourth-order valence-corrected chi connectivity index (χ4v) is 1.83. The summed E-state index contributed by atoms with van der Waals surface area (Å²) in [6.45, 7) is 0. The van der Waals surface area contributed by atoms with Crippen LogP contribution in [0.3, 0.4) is 0 Å². The molecule has 0 aromatic heterocycles. The SMILES string of the molecule is C#CC1(c2ccc(C(=O)N(C)C)cc2)CC1. The van der Waals surface area contributed by atoms with Crippen molar-refractivity contribution in [3.63, 3.8) is 0 Å². The fraction of sp³-hybridized carbons (Fsp3) is 0.357. The van der Waals surface area contributed by atoms with E-state index in [1.54, 1.807) is 19.0 Å². The monoisotopic (exact) mass is 213 g/mol. The Morgan fingerprint density at radius 2 is 1.88 bits per heavy atom. The maximum atomic E-state index is 11.7. The van der Waals surface area contributed by atoms with E-state index in [0.717, 1.165) is 18.4 Å². The zero-order chi connectivity index (χ0) is 11.8. The molecule has 0 bridgehead atoms. The van der Waals surface area contributed by atoms with Gasteiger partial charge in [0.2, 0.25) is 0 Å². The maximum Gasteiger partial charge on any atom is 0.253 e. The molecule has 2 nitrogen and oxygen atoms in total. The molecule has 1 aromatic rings. The van der Waals surface area contributed by atoms with Gasteiger partial charge in [-0.3, -0.25) is 4.79 Å². The lowest BCUT2D eigenvalue weighted by Gasteiger charge is -2.12. The van der Waals surface area contributed by atoms with Crippen LogP contribution in [-0.2, 0) is 5.41 Å². The third kappa shape index (κ3) is 1.69. The van der Waals surface area contributed by atoms with Crippen LogP contribution in [0.4, 0.5) is 0 Å². The van der Waals surface area contributed by atoms with E-state index < -0.39 is 0 Å². The Morgan fingerprint density at radius 3 is 2.25 bits per heavy atom. The number of hydrogen-bond donors (Lipinski definition) is 0. The number of hydrogen-bond acceptors (Lipinski definition) is 1. The number of carbonyl (C=O) groups is 1. The lowest BCUT2D eigenvalue weighted by molar-refractivity contribution is 0.0827. The van der Waals surface area contributed by atoms with Gasteiger partial charge in [0, 0.05) is 19.7 Å². The van der Waals surface area contributed by atoms with Crippen LogP contribution < -0.4 is 0 Å². The summed E-state index contributed by atoms with van der Waals surface area (Å²) in [5.41, 5.74) is 1.83. The minimum Gasteiger partial charge on any atom is -0.345 e. The molecule has 16 heavy (non-hydrogen) atoms. The van der Waals surface area contributed by atoms with Crippen molar-refractivity contribution in [2.45, 2.75) is 18.3 Å². The highest BCUT2D eigenvalue weighted by atomic mass is 16.2. The van der Waals surface area contributed by atoms with Crippen LogP contribution in [0.1, 0.15) is 28.8 Å². The first kappa shape index (κ1) is 10.8. The lowest BCUT2D eigenvalue weighted by atomic mass is 9.96. The molecule has 0 saturated heterocycles. The van der Waals surface area contributed by atoms with Crippen molar-refractivity contribution in [3.05, 3.63) is 35.4 Å². The minimum absolute atomic E-state index is 0.0251. The van der Waals surface area contributed by atoms with E-state index in [1.807, 2.05) is 24.3 Å². The van der Waals surface area contributed by atoms with E-state index in [-0.39, 0.29) is 11.3 Å². The van der Waals surface area contributed by atoms with Crippen molar-refractivity contribution < 1.29 is 4.79 Å². The van der Waals surface area contributed by atoms with E-state index in [2.05, 4.69) is 5.92 Å². The van der Waals surface area contributed by atoms with Gasteiger partial charge >= 0.3 is 0 Å². The number of benzene rings is 1. The zero-order valence-electron chi connectivity index (χ0n) is 9.66. The van der Waals surface area contributed by atoms with Crippen molar-refractivity contribution in [1.82, 2.24) is 4.90 Å². The van der Waals surface area contributed by atoms with Gasteiger partial charge in [0.15, 0.2) is 0 Å². The molecule has 1 fully saturated rings. The van der Waals surface area contributed by atoms with Crippen LogP contribution >= 0.6 is 0 Å². The lowest BCUT2D eigenvalue weighted by Crippen LogP contribution is -2.21. The summed E-state index contributed by atoms with van der Waals surface area (Å²) in [5, 5.41) is 0. The smallest absolute Gasteiger partial charge is 0.253 e. The molecule has 0 unspecified atom stereocenters. The molecular formula is C14H15NO. The highest BCUT2D eigenvalue weighted by molar-refractivity contribution is 5.93. The molecule has 0 atom stereocenters. The standard InChI is InChI=1S/C14H15NO/c1-4-14(9-10-14)12-7-5-11(6-8-12)13(16)15(2)3/h1,5-8H,9-10H2,2-3H3. The number of nitrogens with zero attached hydrogens (tertiary/aromatic N) is 1. The summed E-state index contributed by atoms with van der Waals surface area (Å²) in [6.07, 6.45) is 7.64. The second-order valence-corrected chi connectivity index (χ2v) is 4.50. The average Bonchev–Trinajstić information content (AvgIpc) is 3.09. The van der Waals surface area contributed by atoms with E-state index in [1.165, 1.54) is 0 Å². The van der Waals surface area contributed by atoms with Crippen LogP contribution in [0, 0.1) is 12.3 Å². The summed E-state index contributed by atoms with van der Waals surface area (Å²) in [7, 11) is 3.50. The molecule has 1 aromatic carbocycles. The molecule has 2 heteroatoms. The van der Waals surface area contributed by atoms with Crippen LogP contribution in [0.25, 0.3) is 0 Å². The summed E-state index contributed by atoms with van der Waals surface area (Å²) in [6, 6.07) is 7.66. The number of amides is 1. The number of terminal acetylenes is 1. The van der Waals surface area contributed by atoms with E-state index in [4.69, 9.17) is 6.42 Å². The van der Waals surface area contributed by atoms with Crippen LogP contribution in [0.2, 0.25) is 0 Å². The second kappa shape index (κ2) is 3.68. The topological polar surface area (TPSA) is 20.3 Å². The van der Waals surface area contributed by atoms with Crippen LogP contribution in [0.15, 0.2) is 24.3 Å². The normalized spacial score (nSPS) is 16.3. The quantitative estimate of drug-likeness (QED) is 0.688. The van der Waals surface area contributed by atoms with Gasteiger partial charge in [0.1, 0.15) is 0 Å². The van der Waals surface area contributed by atoms with E-state index in [9.17, 15) is 4.79 Å². The van der Waals surface area contributed by atoms with Crippen molar-refractivity contribution in [2.24, 2.45) is 0 Å². The van der Waals surface area contributed by atoms with Crippen molar-refractivity contribution >= 4 is 5.91 Å². The van der Waals surface area contributed by atoms with Gasteiger partial charge in [-0.1, -0.05) is 18.1 Å². The molecule has 0 heterocycles. The Morgan fingerprint density at radius 1 is 1.31 bits per heavy atom. The van der Waals surface area contributed by atoms with Crippen molar-refractivity contribution in [1.29, 1.82) is 0 Å². The van der Waals surface area contributed by atoms with Crippen LogP contribution in [0.5, 0.6) is 0 Å². The van der Waals surface area contributed by atoms with Gasteiger partial charge < -0.3 is 4.90 Å². The highest BCUT2D eigenvalue weighted by Gasteiger charge is 2.42. The molecule has 1 amide bonds. The van der Waals surface area contributed by atoms with Gasteiger partial charge in [0.05, 0.1) is 5.41 Å². The van der Waals surface area contributed by atoms with Gasteiger partial charge in [-0.2, -0.15) is 0 Å². The molecular weight excluding hydrogens is 198 g/mol. The largest absolute Gasteiger partial charge is 0.345 e. The minimum atomic E-state index is -0.0420. The Bertz CT molecular complexity index is 447. The third-order valence-electron chi connectivity index (χ3n) is 3.12. The number of rotatable bonds is 2. The van der Waals surface area contributed by atoms with Gasteiger partial charge in [-0.05, 0) is 30.5 Å². The predicted molar refractivity (Wildman–Crippen MR) is 64.2 cm³/mol. The first-order valence-corrected chi connectivity index (χ1v) is 5.39. The Balaban J connectivity index is 2.24. The van der Waals surface area contributed by atoms with Gasteiger partial charge in [-0.25, -0.2) is 0 Å². The van der Waals surface area contributed by atoms with Crippen molar-refractivity contribution in [3.8, 4) is 12.3 Å². The average molecular weight is 213 g/mol. The molecule has 1 saturated carbocycles. The van der Waals surface area contributed by atoms with Gasteiger partial charge in [-0.15, -0.1) is 6.42 Å². The molecule has 1 aliphatic rings. The third-order valence-corrected chi connectivity index (χ3v) is 3.12. The first-order valence-electron chi connectivity index (χ1n) is 5.39. The Kier molecular flexibility index (Phi) is 2.47. The maximum absolute atomic E-state index is 11.7. The molecule has 82 valence electrons. The Labute approximate surface area is 96.3 Å². The molecule has 0 N–H and O–H groups in total. The molecule has 0 spiro atoms. The van der Waals surface area contributed by atoms with Crippen LogP contribution in [-0.4, -0.2) is 24.9 Å². The molecule has 1 aliphatic carbocycles. The highest BCUT2D eigenvalue weighted by Crippen LogP contribution is 2.47. The molecule has 0 aliphatic heterocycles.